The number of hydrogen-bond donors (Lipinski definition) is 1. The Morgan fingerprint density at radius 1 is 0.905 bits per heavy atom. The van der Waals surface area contributed by atoms with Crippen molar-refractivity contribution in [2.45, 2.75) is 71.1 Å². The Hall–Kier alpha value is 3.92. The SMILES string of the molecule is CCCCCCCCCCCCOS(=O)(=O)O.I.[H-].[H-].[K+].[Na+].[Pt]. The van der Waals surface area contributed by atoms with E-state index in [1.165, 1.54) is 44.9 Å². The van der Waals surface area contributed by atoms with Gasteiger partial charge in [0.1, 0.15) is 0 Å². The van der Waals surface area contributed by atoms with Crippen LogP contribution in [0.25, 0.3) is 0 Å². The van der Waals surface area contributed by atoms with Crippen molar-refractivity contribution in [3.8, 4) is 0 Å². The van der Waals surface area contributed by atoms with Gasteiger partial charge in [-0.15, -0.1) is 24.0 Å². The van der Waals surface area contributed by atoms with Crippen molar-refractivity contribution in [1.82, 2.24) is 0 Å². The Balaban J connectivity index is -0.0000000853. The van der Waals surface area contributed by atoms with Crippen LogP contribution in [0.3, 0.4) is 0 Å². The molecule has 0 aliphatic rings. The van der Waals surface area contributed by atoms with E-state index in [2.05, 4.69) is 11.1 Å². The summed E-state index contributed by atoms with van der Waals surface area (Å²) in [6.45, 7) is 2.31. The van der Waals surface area contributed by atoms with Crippen LogP contribution in [0.2, 0.25) is 0 Å². The molecule has 0 spiro atoms. The van der Waals surface area contributed by atoms with Gasteiger partial charge in [0.25, 0.3) is 0 Å². The largest absolute Gasteiger partial charge is 1.00 e. The third kappa shape index (κ3) is 35.8. The molecule has 4 nitrogen and oxygen atoms in total. The summed E-state index contributed by atoms with van der Waals surface area (Å²) >= 11 is 0. The van der Waals surface area contributed by atoms with Gasteiger partial charge in [-0.1, -0.05) is 64.7 Å². The molecule has 0 heterocycles. The Labute approximate surface area is 230 Å². The van der Waals surface area contributed by atoms with E-state index in [1.54, 1.807) is 0 Å². The zero-order valence-electron chi connectivity index (χ0n) is 15.6. The van der Waals surface area contributed by atoms with Crippen LogP contribution in [0.4, 0.5) is 0 Å². The van der Waals surface area contributed by atoms with Gasteiger partial charge >= 0.3 is 91.3 Å². The predicted octanol–water partition coefficient (Wildman–Crippen LogP) is -1.42. The molecule has 0 fully saturated rings. The minimum absolute atomic E-state index is 0. The first-order valence-electron chi connectivity index (χ1n) is 6.68. The van der Waals surface area contributed by atoms with Gasteiger partial charge in [0, 0.05) is 21.1 Å². The van der Waals surface area contributed by atoms with E-state index in [4.69, 9.17) is 4.55 Å². The fraction of sp³-hybridized carbons (Fsp3) is 1.00. The van der Waals surface area contributed by atoms with Crippen molar-refractivity contribution in [3.05, 3.63) is 0 Å². The molecule has 0 aromatic heterocycles. The Kier molecular flexibility index (Phi) is 44.8. The zero-order valence-corrected chi connectivity index (χ0v) is 24.1. The third-order valence-corrected chi connectivity index (χ3v) is 3.19. The molecule has 0 radical (unpaired) electrons. The molecule has 0 aromatic rings. The molecule has 0 atom stereocenters. The summed E-state index contributed by atoms with van der Waals surface area (Å²) in [6, 6.07) is 0. The molecular formula is C12H29IKNaO4PtS. The fourth-order valence-corrected chi connectivity index (χ4v) is 2.08. The summed E-state index contributed by atoms with van der Waals surface area (Å²) in [7, 11) is -4.23. The second-order valence-electron chi connectivity index (χ2n) is 4.43. The molecule has 21 heavy (non-hydrogen) atoms. The molecule has 0 aromatic carbocycles. The van der Waals surface area contributed by atoms with Gasteiger partial charge in [-0.2, -0.15) is 8.42 Å². The quantitative estimate of drug-likeness (QED) is 0.122. The van der Waals surface area contributed by atoms with Gasteiger partial charge in [0.2, 0.25) is 0 Å². The fourth-order valence-electron chi connectivity index (χ4n) is 1.75. The minimum Gasteiger partial charge on any atom is -1.00 e. The molecule has 0 bridgehead atoms. The molecule has 0 rings (SSSR count). The Bertz CT molecular complexity index is 282. The molecule has 0 amide bonds. The summed E-state index contributed by atoms with van der Waals surface area (Å²) in [5.41, 5.74) is 0. The van der Waals surface area contributed by atoms with Crippen molar-refractivity contribution >= 4 is 34.4 Å². The van der Waals surface area contributed by atoms with E-state index in [-0.39, 0.29) is 135 Å². The van der Waals surface area contributed by atoms with Gasteiger partial charge in [-0.05, 0) is 6.42 Å². The Morgan fingerprint density at radius 3 is 1.57 bits per heavy atom. The van der Waals surface area contributed by atoms with Gasteiger partial charge in [0.05, 0.1) is 6.61 Å². The van der Waals surface area contributed by atoms with Crippen molar-refractivity contribution < 1.29 is 122 Å². The van der Waals surface area contributed by atoms with Crippen LogP contribution in [-0.2, 0) is 35.6 Å². The number of unbranched alkanes of at least 4 members (excludes halogenated alkanes) is 9. The smallest absolute Gasteiger partial charge is 1.00 e. The summed E-state index contributed by atoms with van der Waals surface area (Å²) in [5, 5.41) is 0. The normalized spacial score (nSPS) is 9.62. The standard InChI is InChI=1S/C12H26O4S.HI.K.Na.Pt.2H/c1-2-3-4-5-6-7-8-9-10-11-12-16-17(13,14)15;;;;;;/h2-12H2,1H3,(H,13,14,15);1H;;;;;/q;;2*+1;;2*-1. The molecule has 0 aliphatic heterocycles. The molecule has 1 N–H and O–H groups in total. The average molecular weight is 653 g/mol. The minimum atomic E-state index is -4.23. The molecule has 9 heteroatoms. The van der Waals surface area contributed by atoms with Crippen LogP contribution >= 0.6 is 24.0 Å². The van der Waals surface area contributed by atoms with E-state index >= 15 is 0 Å². The van der Waals surface area contributed by atoms with Gasteiger partial charge in [-0.3, -0.25) is 4.55 Å². The van der Waals surface area contributed by atoms with E-state index < -0.39 is 10.4 Å². The predicted molar refractivity (Wildman–Crippen MR) is 87.0 cm³/mol. The summed E-state index contributed by atoms with van der Waals surface area (Å²) in [4.78, 5) is 0. The topological polar surface area (TPSA) is 63.6 Å². The van der Waals surface area contributed by atoms with Crippen LogP contribution in [-0.4, -0.2) is 19.6 Å². The van der Waals surface area contributed by atoms with Crippen molar-refractivity contribution in [2.24, 2.45) is 0 Å². The van der Waals surface area contributed by atoms with Crippen LogP contribution in [0.15, 0.2) is 0 Å². The summed E-state index contributed by atoms with van der Waals surface area (Å²) in [5.74, 6) is 0. The maximum atomic E-state index is 10.2. The molecular weight excluding hydrogens is 624 g/mol. The van der Waals surface area contributed by atoms with Crippen LogP contribution in [0.1, 0.15) is 74.0 Å². The van der Waals surface area contributed by atoms with E-state index in [0.29, 0.717) is 6.42 Å². The maximum absolute atomic E-state index is 10.2. The first kappa shape index (κ1) is 35.9. The second-order valence-corrected chi connectivity index (χ2v) is 5.52. The molecule has 0 saturated carbocycles. The monoisotopic (exact) mass is 653 g/mol. The van der Waals surface area contributed by atoms with Crippen molar-refractivity contribution in [1.29, 1.82) is 0 Å². The van der Waals surface area contributed by atoms with E-state index in [9.17, 15) is 8.42 Å². The van der Waals surface area contributed by atoms with Crippen LogP contribution in [0.5, 0.6) is 0 Å². The zero-order chi connectivity index (χ0) is 13.0. The van der Waals surface area contributed by atoms with Crippen molar-refractivity contribution in [3.63, 3.8) is 0 Å². The van der Waals surface area contributed by atoms with E-state index in [1.807, 2.05) is 0 Å². The first-order valence-corrected chi connectivity index (χ1v) is 8.04. The first-order chi connectivity index (χ1) is 8.06. The number of halogens is 1. The van der Waals surface area contributed by atoms with Crippen LogP contribution < -0.4 is 80.9 Å². The number of hydrogen-bond acceptors (Lipinski definition) is 3. The Morgan fingerprint density at radius 2 is 1.24 bits per heavy atom. The van der Waals surface area contributed by atoms with Crippen molar-refractivity contribution in [2.75, 3.05) is 6.61 Å². The van der Waals surface area contributed by atoms with Gasteiger partial charge < -0.3 is 2.85 Å². The average Bonchev–Trinajstić information content (AvgIpc) is 2.24. The molecule has 0 aliphatic carbocycles. The van der Waals surface area contributed by atoms with Gasteiger partial charge in [-0.25, -0.2) is 4.18 Å². The maximum Gasteiger partial charge on any atom is 1.00 e. The second kappa shape index (κ2) is 26.2. The third-order valence-electron chi connectivity index (χ3n) is 2.73. The number of rotatable bonds is 12. The van der Waals surface area contributed by atoms with Gasteiger partial charge in [0.15, 0.2) is 0 Å². The molecule has 126 valence electrons. The summed E-state index contributed by atoms with van der Waals surface area (Å²) in [6.07, 6.45) is 11.9. The summed E-state index contributed by atoms with van der Waals surface area (Å²) < 4.78 is 33.0. The molecule has 0 unspecified atom stereocenters. The molecule has 0 saturated heterocycles. The van der Waals surface area contributed by atoms with Crippen LogP contribution in [0, 0.1) is 0 Å². The van der Waals surface area contributed by atoms with E-state index in [0.717, 1.165) is 12.8 Å².